The molecule has 0 aliphatic carbocycles. The molecule has 21 heavy (non-hydrogen) atoms. The molecule has 1 aromatic carbocycles. The Balaban J connectivity index is 2.09. The van der Waals surface area contributed by atoms with E-state index in [1.165, 1.54) is 16.7 Å². The third-order valence-electron chi connectivity index (χ3n) is 3.73. The van der Waals surface area contributed by atoms with E-state index < -0.39 is 0 Å². The summed E-state index contributed by atoms with van der Waals surface area (Å²) in [6.45, 7) is 5.44. The van der Waals surface area contributed by atoms with Crippen molar-refractivity contribution < 1.29 is 0 Å². The van der Waals surface area contributed by atoms with Crippen LogP contribution in [0.4, 0.5) is 0 Å². The minimum atomic E-state index is 0.401. The maximum Gasteiger partial charge on any atom is 0.0521 e. The number of halogens is 1. The van der Waals surface area contributed by atoms with E-state index in [-0.39, 0.29) is 0 Å². The highest BCUT2D eigenvalue weighted by Crippen LogP contribution is 2.25. The monoisotopic (exact) mass is 349 g/mol. The van der Waals surface area contributed by atoms with Gasteiger partial charge in [0.05, 0.1) is 6.20 Å². The van der Waals surface area contributed by atoms with Crippen LogP contribution in [-0.2, 0) is 13.5 Å². The predicted octanol–water partition coefficient (Wildman–Crippen LogP) is 4.16. The number of aryl methyl sites for hydroxylation is 3. The zero-order valence-corrected chi connectivity index (χ0v) is 14.7. The largest absolute Gasteiger partial charge is 0.310 e. The standard InChI is InChI=1S/C17H24BrN3/c1-4-9-19-17(8-5-14-11-20-21(3)12-14)16-7-6-15(18)10-13(16)2/h6-7,10-12,17,19H,4-5,8-9H2,1-3H3. The second-order valence-corrected chi connectivity index (χ2v) is 6.48. The number of aromatic nitrogens is 2. The van der Waals surface area contributed by atoms with E-state index in [4.69, 9.17) is 0 Å². The van der Waals surface area contributed by atoms with Gasteiger partial charge in [-0.1, -0.05) is 28.9 Å². The molecule has 4 heteroatoms. The Labute approximate surface area is 135 Å². The van der Waals surface area contributed by atoms with Crippen molar-refractivity contribution >= 4 is 15.9 Å². The summed E-state index contributed by atoms with van der Waals surface area (Å²) in [7, 11) is 1.97. The van der Waals surface area contributed by atoms with Crippen molar-refractivity contribution in [3.05, 3.63) is 51.8 Å². The van der Waals surface area contributed by atoms with Crippen molar-refractivity contribution in [1.29, 1.82) is 0 Å². The summed E-state index contributed by atoms with van der Waals surface area (Å²) in [5.74, 6) is 0. The van der Waals surface area contributed by atoms with Crippen molar-refractivity contribution in [2.45, 2.75) is 39.2 Å². The Kier molecular flexibility index (Phi) is 6.00. The van der Waals surface area contributed by atoms with E-state index in [1.807, 2.05) is 17.9 Å². The lowest BCUT2D eigenvalue weighted by Crippen LogP contribution is -2.23. The van der Waals surface area contributed by atoms with Crippen LogP contribution in [0.25, 0.3) is 0 Å². The fraction of sp³-hybridized carbons (Fsp3) is 0.471. The first-order valence-electron chi connectivity index (χ1n) is 7.57. The van der Waals surface area contributed by atoms with Gasteiger partial charge in [-0.25, -0.2) is 0 Å². The van der Waals surface area contributed by atoms with Crippen LogP contribution in [0.1, 0.15) is 42.5 Å². The summed E-state index contributed by atoms with van der Waals surface area (Å²) in [5.41, 5.74) is 4.04. The van der Waals surface area contributed by atoms with Crippen molar-refractivity contribution in [3.8, 4) is 0 Å². The molecule has 1 atom stereocenters. The highest BCUT2D eigenvalue weighted by Gasteiger charge is 2.13. The average molecular weight is 350 g/mol. The zero-order valence-electron chi connectivity index (χ0n) is 13.1. The Morgan fingerprint density at radius 3 is 2.81 bits per heavy atom. The predicted molar refractivity (Wildman–Crippen MR) is 91.4 cm³/mol. The molecule has 0 aliphatic rings. The zero-order chi connectivity index (χ0) is 15.2. The first-order chi connectivity index (χ1) is 10.1. The van der Waals surface area contributed by atoms with Gasteiger partial charge in [-0.15, -0.1) is 0 Å². The normalized spacial score (nSPS) is 12.6. The maximum atomic E-state index is 4.25. The second kappa shape index (κ2) is 7.76. The van der Waals surface area contributed by atoms with Crippen LogP contribution >= 0.6 is 15.9 Å². The Morgan fingerprint density at radius 2 is 2.19 bits per heavy atom. The summed E-state index contributed by atoms with van der Waals surface area (Å²) in [6.07, 6.45) is 7.36. The third kappa shape index (κ3) is 4.68. The molecular weight excluding hydrogens is 326 g/mol. The Morgan fingerprint density at radius 1 is 1.38 bits per heavy atom. The van der Waals surface area contributed by atoms with Crippen molar-refractivity contribution in [2.75, 3.05) is 6.54 Å². The minimum absolute atomic E-state index is 0.401. The molecule has 1 aromatic heterocycles. The molecule has 1 N–H and O–H groups in total. The van der Waals surface area contributed by atoms with Gasteiger partial charge < -0.3 is 5.32 Å². The SMILES string of the molecule is CCCNC(CCc1cnn(C)c1)c1ccc(Br)cc1C. The molecule has 0 saturated carbocycles. The number of rotatable bonds is 7. The van der Waals surface area contributed by atoms with Gasteiger partial charge in [0.2, 0.25) is 0 Å². The first kappa shape index (κ1) is 16.2. The first-order valence-corrected chi connectivity index (χ1v) is 8.36. The highest BCUT2D eigenvalue weighted by molar-refractivity contribution is 9.10. The smallest absolute Gasteiger partial charge is 0.0521 e. The van der Waals surface area contributed by atoms with Crippen molar-refractivity contribution in [1.82, 2.24) is 15.1 Å². The van der Waals surface area contributed by atoms with Gasteiger partial charge in [-0.3, -0.25) is 4.68 Å². The molecule has 0 radical (unpaired) electrons. The van der Waals surface area contributed by atoms with Crippen LogP contribution in [-0.4, -0.2) is 16.3 Å². The maximum absolute atomic E-state index is 4.25. The summed E-state index contributed by atoms with van der Waals surface area (Å²) in [6, 6.07) is 6.96. The van der Waals surface area contributed by atoms with E-state index in [0.29, 0.717) is 6.04 Å². The number of benzene rings is 1. The van der Waals surface area contributed by atoms with E-state index in [1.54, 1.807) is 0 Å². The number of nitrogens with zero attached hydrogens (tertiary/aromatic N) is 2. The third-order valence-corrected chi connectivity index (χ3v) is 4.22. The van der Waals surface area contributed by atoms with Gasteiger partial charge >= 0.3 is 0 Å². The second-order valence-electron chi connectivity index (χ2n) is 5.57. The Bertz CT molecular complexity index is 577. The van der Waals surface area contributed by atoms with Crippen LogP contribution in [0, 0.1) is 6.92 Å². The molecule has 1 unspecified atom stereocenters. The van der Waals surface area contributed by atoms with Gasteiger partial charge in [-0.2, -0.15) is 5.10 Å². The van der Waals surface area contributed by atoms with Crippen LogP contribution in [0.5, 0.6) is 0 Å². The Hall–Kier alpha value is -1.13. The van der Waals surface area contributed by atoms with E-state index >= 15 is 0 Å². The molecule has 2 rings (SSSR count). The average Bonchev–Trinajstić information content (AvgIpc) is 2.86. The summed E-state index contributed by atoms with van der Waals surface area (Å²) in [4.78, 5) is 0. The van der Waals surface area contributed by atoms with Crippen LogP contribution in [0.15, 0.2) is 35.1 Å². The number of hydrogen-bond donors (Lipinski definition) is 1. The van der Waals surface area contributed by atoms with E-state index in [9.17, 15) is 0 Å². The van der Waals surface area contributed by atoms with E-state index in [0.717, 1.165) is 30.3 Å². The lowest BCUT2D eigenvalue weighted by atomic mass is 9.96. The molecule has 0 aliphatic heterocycles. The molecule has 114 valence electrons. The minimum Gasteiger partial charge on any atom is -0.310 e. The van der Waals surface area contributed by atoms with Crippen LogP contribution < -0.4 is 5.32 Å². The van der Waals surface area contributed by atoms with Gasteiger partial charge in [0, 0.05) is 23.8 Å². The molecule has 3 nitrogen and oxygen atoms in total. The number of nitrogens with one attached hydrogen (secondary N) is 1. The molecular formula is C17H24BrN3. The van der Waals surface area contributed by atoms with Gasteiger partial charge in [-0.05, 0) is 61.6 Å². The topological polar surface area (TPSA) is 29.9 Å². The summed E-state index contributed by atoms with van der Waals surface area (Å²) in [5, 5.41) is 7.93. The van der Waals surface area contributed by atoms with Crippen molar-refractivity contribution in [3.63, 3.8) is 0 Å². The molecule has 0 bridgehead atoms. The number of hydrogen-bond acceptors (Lipinski definition) is 2. The molecule has 0 spiro atoms. The van der Waals surface area contributed by atoms with Crippen LogP contribution in [0.2, 0.25) is 0 Å². The molecule has 1 heterocycles. The van der Waals surface area contributed by atoms with Gasteiger partial charge in [0.15, 0.2) is 0 Å². The fourth-order valence-corrected chi connectivity index (χ4v) is 3.10. The molecule has 0 amide bonds. The van der Waals surface area contributed by atoms with Gasteiger partial charge in [0.25, 0.3) is 0 Å². The molecule has 0 fully saturated rings. The highest BCUT2D eigenvalue weighted by atomic mass is 79.9. The summed E-state index contributed by atoms with van der Waals surface area (Å²) < 4.78 is 3.01. The van der Waals surface area contributed by atoms with E-state index in [2.05, 4.69) is 64.6 Å². The fourth-order valence-electron chi connectivity index (χ4n) is 2.63. The quantitative estimate of drug-likeness (QED) is 0.812. The lowest BCUT2D eigenvalue weighted by molar-refractivity contribution is 0.497. The van der Waals surface area contributed by atoms with Gasteiger partial charge in [0.1, 0.15) is 0 Å². The summed E-state index contributed by atoms with van der Waals surface area (Å²) >= 11 is 3.55. The van der Waals surface area contributed by atoms with Crippen molar-refractivity contribution in [2.24, 2.45) is 7.05 Å². The molecule has 0 saturated heterocycles. The molecule has 2 aromatic rings. The van der Waals surface area contributed by atoms with Crippen LogP contribution in [0.3, 0.4) is 0 Å². The lowest BCUT2D eigenvalue weighted by Gasteiger charge is -2.21.